The molecule has 0 spiro atoms. The van der Waals surface area contributed by atoms with E-state index in [0.29, 0.717) is 6.42 Å². The van der Waals surface area contributed by atoms with Crippen LogP contribution in [0.5, 0.6) is 5.75 Å². The van der Waals surface area contributed by atoms with Crippen molar-refractivity contribution in [3.8, 4) is 5.75 Å². The minimum Gasteiger partial charge on any atom is -0.493 e. The van der Waals surface area contributed by atoms with Gasteiger partial charge >= 0.3 is 0 Å². The van der Waals surface area contributed by atoms with Crippen LogP contribution in [0, 0.1) is 0 Å². The number of hydrogen-bond donors (Lipinski definition) is 0. The summed E-state index contributed by atoms with van der Waals surface area (Å²) in [5.41, 5.74) is 1.89. The number of ketones is 1. The standard InChI is InChI=1S/C13H16O3/c1-9(15-2)7-12(14)10-3-4-13-11(8-10)5-6-16-13/h3-4,8-9H,5-7H2,1-2H3. The van der Waals surface area contributed by atoms with Crippen LogP contribution in [0.3, 0.4) is 0 Å². The van der Waals surface area contributed by atoms with Crippen LogP contribution in [-0.2, 0) is 11.2 Å². The highest BCUT2D eigenvalue weighted by Gasteiger charge is 2.16. The molecule has 0 aliphatic carbocycles. The zero-order valence-electron chi connectivity index (χ0n) is 9.66. The molecule has 16 heavy (non-hydrogen) atoms. The molecule has 1 aliphatic rings. The van der Waals surface area contributed by atoms with Crippen LogP contribution >= 0.6 is 0 Å². The van der Waals surface area contributed by atoms with Crippen LogP contribution in [0.25, 0.3) is 0 Å². The van der Waals surface area contributed by atoms with Gasteiger partial charge in [0.15, 0.2) is 5.78 Å². The molecule has 1 aromatic carbocycles. The number of Topliss-reactive ketones (excluding diaryl/α,β-unsaturated/α-hetero) is 1. The van der Waals surface area contributed by atoms with Gasteiger partial charge in [0.1, 0.15) is 5.75 Å². The Bertz CT molecular complexity index is 398. The molecule has 86 valence electrons. The molecule has 3 heteroatoms. The molecule has 1 aromatic rings. The van der Waals surface area contributed by atoms with E-state index in [-0.39, 0.29) is 11.9 Å². The Kier molecular flexibility index (Phi) is 3.25. The van der Waals surface area contributed by atoms with Crippen molar-refractivity contribution >= 4 is 5.78 Å². The summed E-state index contributed by atoms with van der Waals surface area (Å²) in [6.45, 7) is 2.62. The van der Waals surface area contributed by atoms with Gasteiger partial charge in [-0.25, -0.2) is 0 Å². The van der Waals surface area contributed by atoms with Crippen molar-refractivity contribution in [3.63, 3.8) is 0 Å². The van der Waals surface area contributed by atoms with Gasteiger partial charge in [0.25, 0.3) is 0 Å². The lowest BCUT2D eigenvalue weighted by Crippen LogP contribution is -2.12. The van der Waals surface area contributed by atoms with E-state index in [1.165, 1.54) is 0 Å². The summed E-state index contributed by atoms with van der Waals surface area (Å²) < 4.78 is 10.5. The predicted octanol–water partition coefficient (Wildman–Crippen LogP) is 2.23. The fourth-order valence-electron chi connectivity index (χ4n) is 1.82. The highest BCUT2D eigenvalue weighted by Crippen LogP contribution is 2.26. The molecule has 0 radical (unpaired) electrons. The molecule has 0 saturated carbocycles. The Balaban J connectivity index is 2.12. The summed E-state index contributed by atoms with van der Waals surface area (Å²) in [4.78, 5) is 11.9. The van der Waals surface area contributed by atoms with E-state index in [4.69, 9.17) is 9.47 Å². The summed E-state index contributed by atoms with van der Waals surface area (Å²) in [6.07, 6.45) is 1.30. The lowest BCUT2D eigenvalue weighted by molar-refractivity contribution is 0.0792. The van der Waals surface area contributed by atoms with Gasteiger partial charge in [0.2, 0.25) is 0 Å². The fourth-order valence-corrected chi connectivity index (χ4v) is 1.82. The summed E-state index contributed by atoms with van der Waals surface area (Å²) in [5.74, 6) is 1.04. The number of ether oxygens (including phenoxy) is 2. The van der Waals surface area contributed by atoms with E-state index in [1.807, 2.05) is 25.1 Å². The van der Waals surface area contributed by atoms with E-state index in [2.05, 4.69) is 0 Å². The Morgan fingerprint density at radius 3 is 3.12 bits per heavy atom. The van der Waals surface area contributed by atoms with E-state index < -0.39 is 0 Å². The van der Waals surface area contributed by atoms with Gasteiger partial charge in [-0.15, -0.1) is 0 Å². The van der Waals surface area contributed by atoms with Gasteiger partial charge in [-0.2, -0.15) is 0 Å². The molecule has 3 nitrogen and oxygen atoms in total. The second kappa shape index (κ2) is 4.66. The van der Waals surface area contributed by atoms with Crippen molar-refractivity contribution in [2.24, 2.45) is 0 Å². The van der Waals surface area contributed by atoms with E-state index in [0.717, 1.165) is 29.9 Å². The van der Waals surface area contributed by atoms with E-state index >= 15 is 0 Å². The smallest absolute Gasteiger partial charge is 0.165 e. The molecule has 0 fully saturated rings. The Morgan fingerprint density at radius 1 is 1.56 bits per heavy atom. The Labute approximate surface area is 95.4 Å². The first-order valence-electron chi connectivity index (χ1n) is 5.52. The minimum absolute atomic E-state index is 0.0306. The maximum atomic E-state index is 11.9. The van der Waals surface area contributed by atoms with Crippen molar-refractivity contribution in [1.82, 2.24) is 0 Å². The number of carbonyl (C=O) groups excluding carboxylic acids is 1. The third-order valence-electron chi connectivity index (χ3n) is 2.89. The lowest BCUT2D eigenvalue weighted by Gasteiger charge is -2.08. The molecule has 0 N–H and O–H groups in total. The van der Waals surface area contributed by atoms with Gasteiger partial charge in [0.05, 0.1) is 12.7 Å². The summed E-state index contributed by atoms with van der Waals surface area (Å²) >= 11 is 0. The highest BCUT2D eigenvalue weighted by atomic mass is 16.5. The topological polar surface area (TPSA) is 35.5 Å². The largest absolute Gasteiger partial charge is 0.493 e. The maximum absolute atomic E-state index is 11.9. The Hall–Kier alpha value is -1.35. The van der Waals surface area contributed by atoms with Crippen LogP contribution < -0.4 is 4.74 Å². The normalized spacial score (nSPS) is 15.4. The van der Waals surface area contributed by atoms with Crippen LogP contribution in [-0.4, -0.2) is 25.6 Å². The number of rotatable bonds is 4. The van der Waals surface area contributed by atoms with Crippen LogP contribution in [0.1, 0.15) is 29.3 Å². The van der Waals surface area contributed by atoms with Crippen LogP contribution in [0.2, 0.25) is 0 Å². The van der Waals surface area contributed by atoms with Crippen LogP contribution in [0.4, 0.5) is 0 Å². The SMILES string of the molecule is COC(C)CC(=O)c1ccc2c(c1)CCO2. The third kappa shape index (κ3) is 2.25. The summed E-state index contributed by atoms with van der Waals surface area (Å²) in [5, 5.41) is 0. The molecule has 1 atom stereocenters. The molecule has 2 rings (SSSR count). The van der Waals surface area contributed by atoms with Crippen molar-refractivity contribution in [2.75, 3.05) is 13.7 Å². The highest BCUT2D eigenvalue weighted by molar-refractivity contribution is 5.96. The molecule has 0 aromatic heterocycles. The number of fused-ring (bicyclic) bond motifs is 1. The molecular weight excluding hydrogens is 204 g/mol. The quantitative estimate of drug-likeness (QED) is 0.730. The number of carbonyl (C=O) groups is 1. The number of benzene rings is 1. The molecule has 0 saturated heterocycles. The maximum Gasteiger partial charge on any atom is 0.165 e. The summed E-state index contributed by atoms with van der Waals surface area (Å²) in [6, 6.07) is 5.65. The monoisotopic (exact) mass is 220 g/mol. The van der Waals surface area contributed by atoms with E-state index in [9.17, 15) is 4.79 Å². The zero-order chi connectivity index (χ0) is 11.5. The number of methoxy groups -OCH3 is 1. The van der Waals surface area contributed by atoms with Crippen LogP contribution in [0.15, 0.2) is 18.2 Å². The second-order valence-corrected chi connectivity index (χ2v) is 4.09. The molecule has 0 bridgehead atoms. The lowest BCUT2D eigenvalue weighted by atomic mass is 10.0. The average Bonchev–Trinajstić information content (AvgIpc) is 2.75. The van der Waals surface area contributed by atoms with Gasteiger partial charge < -0.3 is 9.47 Å². The van der Waals surface area contributed by atoms with Gasteiger partial charge in [0, 0.05) is 25.5 Å². The van der Waals surface area contributed by atoms with Crippen molar-refractivity contribution in [1.29, 1.82) is 0 Å². The predicted molar refractivity (Wildman–Crippen MR) is 61.1 cm³/mol. The van der Waals surface area contributed by atoms with Gasteiger partial charge in [-0.3, -0.25) is 4.79 Å². The van der Waals surface area contributed by atoms with E-state index in [1.54, 1.807) is 7.11 Å². The third-order valence-corrected chi connectivity index (χ3v) is 2.89. The van der Waals surface area contributed by atoms with Gasteiger partial charge in [-0.05, 0) is 30.7 Å². The first-order valence-corrected chi connectivity index (χ1v) is 5.52. The second-order valence-electron chi connectivity index (χ2n) is 4.09. The minimum atomic E-state index is -0.0306. The molecule has 0 amide bonds. The number of hydrogen-bond acceptors (Lipinski definition) is 3. The zero-order valence-corrected chi connectivity index (χ0v) is 9.66. The Morgan fingerprint density at radius 2 is 2.38 bits per heavy atom. The molecular formula is C13H16O3. The summed E-state index contributed by atoms with van der Waals surface area (Å²) in [7, 11) is 1.62. The fraction of sp³-hybridized carbons (Fsp3) is 0.462. The van der Waals surface area contributed by atoms with Crippen molar-refractivity contribution in [3.05, 3.63) is 29.3 Å². The molecule has 1 unspecified atom stereocenters. The first kappa shape index (κ1) is 11.1. The molecule has 1 aliphatic heterocycles. The first-order chi connectivity index (χ1) is 7.70. The van der Waals surface area contributed by atoms with Crippen molar-refractivity contribution in [2.45, 2.75) is 25.9 Å². The average molecular weight is 220 g/mol. The van der Waals surface area contributed by atoms with Crippen molar-refractivity contribution < 1.29 is 14.3 Å². The van der Waals surface area contributed by atoms with Gasteiger partial charge in [-0.1, -0.05) is 0 Å². The molecule has 1 heterocycles.